The molecule has 27 heavy (non-hydrogen) atoms. The number of benzene rings is 2. The first-order chi connectivity index (χ1) is 12.9. The Kier molecular flexibility index (Phi) is 4.67. The fourth-order valence-corrected chi connectivity index (χ4v) is 4.64. The topological polar surface area (TPSA) is 63.2 Å². The van der Waals surface area contributed by atoms with Gasteiger partial charge in [-0.1, -0.05) is 23.7 Å². The van der Waals surface area contributed by atoms with Gasteiger partial charge in [-0.2, -0.15) is 4.31 Å². The highest BCUT2D eigenvalue weighted by Gasteiger charge is 2.31. The lowest BCUT2D eigenvalue weighted by atomic mass is 10.1. The lowest BCUT2D eigenvalue weighted by molar-refractivity contribution is 0.384. The minimum Gasteiger partial charge on any atom is -0.236 e. The second-order valence-electron chi connectivity index (χ2n) is 6.19. The normalized spacial score (nSPS) is 14.7. The van der Waals surface area contributed by atoms with Crippen molar-refractivity contribution >= 4 is 21.6 Å². The van der Waals surface area contributed by atoms with Crippen LogP contribution in [0.4, 0.5) is 4.39 Å². The third kappa shape index (κ3) is 3.45. The molecule has 2 heterocycles. The molecular weight excluding hydrogens is 389 g/mol. The van der Waals surface area contributed by atoms with Gasteiger partial charge in [-0.15, -0.1) is 0 Å². The van der Waals surface area contributed by atoms with Crippen molar-refractivity contribution in [3.05, 3.63) is 76.8 Å². The van der Waals surface area contributed by atoms with Gasteiger partial charge in [0.25, 0.3) is 0 Å². The summed E-state index contributed by atoms with van der Waals surface area (Å²) >= 11 is 5.90. The van der Waals surface area contributed by atoms with Gasteiger partial charge in [0, 0.05) is 41.9 Å². The molecule has 1 aromatic heterocycles. The summed E-state index contributed by atoms with van der Waals surface area (Å²) in [7, 11) is -3.91. The standard InChI is InChI=1S/C19H15ClFN3O2S/c20-15-7-5-13(6-8-15)19-22-11-14-12-24(10-9-17(14)23-19)27(25,26)18-4-2-1-3-16(18)21/h1-8,11H,9-10,12H2. The van der Waals surface area contributed by atoms with E-state index < -0.39 is 15.8 Å². The highest BCUT2D eigenvalue weighted by Crippen LogP contribution is 2.27. The molecule has 0 radical (unpaired) electrons. The largest absolute Gasteiger partial charge is 0.246 e. The molecule has 0 fully saturated rings. The van der Waals surface area contributed by atoms with Gasteiger partial charge in [0.2, 0.25) is 10.0 Å². The predicted octanol–water partition coefficient (Wildman–Crippen LogP) is 3.68. The van der Waals surface area contributed by atoms with E-state index in [1.165, 1.54) is 22.5 Å². The summed E-state index contributed by atoms with van der Waals surface area (Å²) in [6.45, 7) is 0.355. The zero-order valence-electron chi connectivity index (χ0n) is 14.1. The third-order valence-corrected chi connectivity index (χ3v) is 6.59. The minimum atomic E-state index is -3.91. The molecule has 0 saturated heterocycles. The molecule has 3 aromatic rings. The quantitative estimate of drug-likeness (QED) is 0.669. The number of hydrogen-bond donors (Lipinski definition) is 0. The van der Waals surface area contributed by atoms with Crippen LogP contribution >= 0.6 is 11.6 Å². The number of hydrogen-bond acceptors (Lipinski definition) is 4. The highest BCUT2D eigenvalue weighted by molar-refractivity contribution is 7.89. The number of aromatic nitrogens is 2. The summed E-state index contributed by atoms with van der Waals surface area (Å²) < 4.78 is 40.8. The van der Waals surface area contributed by atoms with Crippen molar-refractivity contribution in [1.29, 1.82) is 0 Å². The molecule has 1 aliphatic rings. The van der Waals surface area contributed by atoms with E-state index >= 15 is 0 Å². The molecule has 8 heteroatoms. The van der Waals surface area contributed by atoms with Gasteiger partial charge in [-0.05, 0) is 36.4 Å². The van der Waals surface area contributed by atoms with Gasteiger partial charge >= 0.3 is 0 Å². The zero-order chi connectivity index (χ0) is 19.0. The Hall–Kier alpha value is -2.35. The second-order valence-corrected chi connectivity index (χ2v) is 8.53. The van der Waals surface area contributed by atoms with E-state index in [-0.39, 0.29) is 18.0 Å². The van der Waals surface area contributed by atoms with Crippen LogP contribution in [0.3, 0.4) is 0 Å². The maximum atomic E-state index is 14.0. The van der Waals surface area contributed by atoms with E-state index in [4.69, 9.17) is 11.6 Å². The van der Waals surface area contributed by atoms with Crippen molar-refractivity contribution in [2.75, 3.05) is 6.54 Å². The lowest BCUT2D eigenvalue weighted by Crippen LogP contribution is -2.36. The fraction of sp³-hybridized carbons (Fsp3) is 0.158. The van der Waals surface area contributed by atoms with Gasteiger partial charge in [-0.3, -0.25) is 0 Å². The van der Waals surface area contributed by atoms with Crippen molar-refractivity contribution in [1.82, 2.24) is 14.3 Å². The van der Waals surface area contributed by atoms with Crippen LogP contribution in [0.1, 0.15) is 11.3 Å². The van der Waals surface area contributed by atoms with Gasteiger partial charge < -0.3 is 0 Å². The Morgan fingerprint density at radius 1 is 1.07 bits per heavy atom. The molecule has 0 spiro atoms. The first-order valence-corrected chi connectivity index (χ1v) is 10.1. The van der Waals surface area contributed by atoms with E-state index in [0.29, 0.717) is 17.3 Å². The highest BCUT2D eigenvalue weighted by atomic mass is 35.5. The second kappa shape index (κ2) is 6.99. The fourth-order valence-electron chi connectivity index (χ4n) is 3.03. The molecule has 0 saturated carbocycles. The molecule has 4 rings (SSSR count). The summed E-state index contributed by atoms with van der Waals surface area (Å²) in [6, 6.07) is 12.6. The first-order valence-electron chi connectivity index (χ1n) is 8.30. The maximum Gasteiger partial charge on any atom is 0.246 e. The molecule has 0 unspecified atom stereocenters. The Morgan fingerprint density at radius 2 is 1.81 bits per heavy atom. The Bertz CT molecular complexity index is 1100. The summed E-state index contributed by atoms with van der Waals surface area (Å²) in [4.78, 5) is 8.61. The van der Waals surface area contributed by atoms with Crippen molar-refractivity contribution in [2.24, 2.45) is 0 Å². The van der Waals surface area contributed by atoms with Gasteiger partial charge in [0.15, 0.2) is 5.82 Å². The van der Waals surface area contributed by atoms with E-state index in [0.717, 1.165) is 22.9 Å². The number of sulfonamides is 1. The predicted molar refractivity (Wildman–Crippen MR) is 100 cm³/mol. The van der Waals surface area contributed by atoms with E-state index in [9.17, 15) is 12.8 Å². The van der Waals surface area contributed by atoms with Gasteiger partial charge in [-0.25, -0.2) is 22.8 Å². The molecule has 0 N–H and O–H groups in total. The summed E-state index contributed by atoms with van der Waals surface area (Å²) in [5.41, 5.74) is 2.36. The third-order valence-electron chi connectivity index (χ3n) is 4.46. The minimum absolute atomic E-state index is 0.118. The van der Waals surface area contributed by atoms with E-state index in [1.54, 1.807) is 18.3 Å². The lowest BCUT2D eigenvalue weighted by Gasteiger charge is -2.27. The molecule has 0 atom stereocenters. The van der Waals surface area contributed by atoms with Crippen LogP contribution < -0.4 is 0 Å². The average molecular weight is 404 g/mol. The smallest absolute Gasteiger partial charge is 0.236 e. The van der Waals surface area contributed by atoms with Crippen LogP contribution in [-0.2, 0) is 23.0 Å². The summed E-state index contributed by atoms with van der Waals surface area (Å²) in [5, 5.41) is 0.630. The van der Waals surface area contributed by atoms with Crippen LogP contribution in [-0.4, -0.2) is 29.2 Å². The molecule has 0 bridgehead atoms. The molecule has 0 amide bonds. The Morgan fingerprint density at radius 3 is 2.56 bits per heavy atom. The van der Waals surface area contributed by atoms with Gasteiger partial charge in [0.05, 0.1) is 5.69 Å². The SMILES string of the molecule is O=S(=O)(c1ccccc1F)N1CCc2nc(-c3ccc(Cl)cc3)ncc2C1. The average Bonchev–Trinajstić information content (AvgIpc) is 2.68. The van der Waals surface area contributed by atoms with Crippen LogP contribution in [0, 0.1) is 5.82 Å². The Labute approximate surface area is 161 Å². The first kappa shape index (κ1) is 18.0. The number of rotatable bonds is 3. The van der Waals surface area contributed by atoms with Crippen LogP contribution in [0.5, 0.6) is 0 Å². The summed E-state index contributed by atoms with van der Waals surface area (Å²) in [6.07, 6.45) is 2.07. The molecule has 1 aliphatic heterocycles. The molecule has 0 aliphatic carbocycles. The van der Waals surface area contributed by atoms with Crippen LogP contribution in [0.2, 0.25) is 5.02 Å². The van der Waals surface area contributed by atoms with E-state index in [2.05, 4.69) is 9.97 Å². The molecular formula is C19H15ClFN3O2S. The van der Waals surface area contributed by atoms with Gasteiger partial charge in [0.1, 0.15) is 10.7 Å². The van der Waals surface area contributed by atoms with Crippen molar-refractivity contribution in [2.45, 2.75) is 17.9 Å². The van der Waals surface area contributed by atoms with Crippen molar-refractivity contribution < 1.29 is 12.8 Å². The number of fused-ring (bicyclic) bond motifs is 1. The summed E-state index contributed by atoms with van der Waals surface area (Å²) in [5.74, 6) is -0.187. The zero-order valence-corrected chi connectivity index (χ0v) is 15.7. The van der Waals surface area contributed by atoms with Crippen molar-refractivity contribution in [3.63, 3.8) is 0 Å². The molecule has 5 nitrogen and oxygen atoms in total. The van der Waals surface area contributed by atoms with Crippen LogP contribution in [0.25, 0.3) is 11.4 Å². The number of nitrogens with zero attached hydrogens (tertiary/aromatic N) is 3. The molecule has 138 valence electrons. The van der Waals surface area contributed by atoms with E-state index in [1.807, 2.05) is 12.1 Å². The Balaban J connectivity index is 1.62. The number of halogens is 2. The molecule has 2 aromatic carbocycles. The van der Waals surface area contributed by atoms with Crippen molar-refractivity contribution in [3.8, 4) is 11.4 Å². The maximum absolute atomic E-state index is 14.0. The monoisotopic (exact) mass is 403 g/mol. The van der Waals surface area contributed by atoms with Crippen LogP contribution in [0.15, 0.2) is 59.6 Å².